The molecule has 4 nitrogen and oxygen atoms in total. The number of methoxy groups -OCH3 is 1. The number of hydrogen-bond acceptors (Lipinski definition) is 3. The number of carbonyl (C=O) groups excluding carboxylic acids is 1. The fourth-order valence-corrected chi connectivity index (χ4v) is 1.53. The maximum absolute atomic E-state index is 12.9. The fraction of sp³-hybridized carbons (Fsp3) is 0.400. The molecule has 0 fully saturated rings. The van der Waals surface area contributed by atoms with Crippen LogP contribution in [0.5, 0.6) is 0 Å². The molecule has 20 heavy (non-hydrogen) atoms. The molecule has 1 rings (SSSR count). The van der Waals surface area contributed by atoms with Gasteiger partial charge in [0.25, 0.3) is 0 Å². The van der Waals surface area contributed by atoms with E-state index in [1.807, 2.05) is 0 Å². The van der Waals surface area contributed by atoms with Gasteiger partial charge in [0.15, 0.2) is 0 Å². The third-order valence-corrected chi connectivity index (χ3v) is 2.76. The molecule has 0 bridgehead atoms. The van der Waals surface area contributed by atoms with E-state index >= 15 is 0 Å². The molecule has 0 spiro atoms. The van der Waals surface area contributed by atoms with Crippen molar-refractivity contribution in [3.05, 3.63) is 41.7 Å². The van der Waals surface area contributed by atoms with E-state index in [2.05, 4.69) is 5.32 Å². The number of halogens is 1. The zero-order chi connectivity index (χ0) is 15.0. The van der Waals surface area contributed by atoms with Crippen molar-refractivity contribution >= 4 is 12.0 Å². The summed E-state index contributed by atoms with van der Waals surface area (Å²) >= 11 is 0. The van der Waals surface area contributed by atoms with Crippen molar-refractivity contribution in [2.45, 2.75) is 18.9 Å². The van der Waals surface area contributed by atoms with Gasteiger partial charge in [-0.2, -0.15) is 0 Å². The largest absolute Gasteiger partial charge is 0.388 e. The predicted octanol–water partition coefficient (Wildman–Crippen LogP) is 1.74. The summed E-state index contributed by atoms with van der Waals surface area (Å²) in [4.78, 5) is 11.6. The van der Waals surface area contributed by atoms with Crippen molar-refractivity contribution in [2.24, 2.45) is 0 Å². The van der Waals surface area contributed by atoms with E-state index in [0.717, 1.165) is 0 Å². The van der Waals surface area contributed by atoms with E-state index in [1.54, 1.807) is 26.2 Å². The summed E-state index contributed by atoms with van der Waals surface area (Å²) in [5.74, 6) is -0.693. The normalized spacial score (nSPS) is 14.2. The van der Waals surface area contributed by atoms with Crippen LogP contribution in [0.2, 0.25) is 0 Å². The molecule has 1 aromatic carbocycles. The van der Waals surface area contributed by atoms with Gasteiger partial charge in [0, 0.05) is 32.8 Å². The molecule has 2 N–H and O–H groups in total. The number of benzene rings is 1. The maximum atomic E-state index is 12.9. The van der Waals surface area contributed by atoms with Gasteiger partial charge in [0.05, 0.1) is 5.60 Å². The summed E-state index contributed by atoms with van der Waals surface area (Å²) in [6.07, 6.45) is 3.25. The molecule has 1 aromatic rings. The first-order valence-corrected chi connectivity index (χ1v) is 6.36. The molecule has 0 saturated carbocycles. The van der Waals surface area contributed by atoms with Gasteiger partial charge in [-0.25, -0.2) is 4.39 Å². The average molecular weight is 281 g/mol. The van der Waals surface area contributed by atoms with Crippen molar-refractivity contribution in [1.82, 2.24) is 5.32 Å². The second kappa shape index (κ2) is 7.77. The van der Waals surface area contributed by atoms with E-state index in [9.17, 15) is 14.3 Å². The molecule has 5 heteroatoms. The lowest BCUT2D eigenvalue weighted by Crippen LogP contribution is -2.40. The molecule has 0 aliphatic rings. The number of ether oxygens (including phenoxy) is 1. The van der Waals surface area contributed by atoms with Crippen LogP contribution < -0.4 is 5.32 Å². The molecular formula is C15H20FNO3. The first-order chi connectivity index (χ1) is 9.43. The lowest BCUT2D eigenvalue weighted by Gasteiger charge is -2.22. The molecule has 0 heterocycles. The molecule has 110 valence electrons. The highest BCUT2D eigenvalue weighted by molar-refractivity contribution is 5.91. The Bertz CT molecular complexity index is 472. The van der Waals surface area contributed by atoms with Crippen molar-refractivity contribution in [1.29, 1.82) is 0 Å². The Balaban J connectivity index is 2.44. The lowest BCUT2D eigenvalue weighted by atomic mass is 10.0. The quantitative estimate of drug-likeness (QED) is 0.749. The molecule has 1 unspecified atom stereocenters. The number of rotatable bonds is 7. The zero-order valence-corrected chi connectivity index (χ0v) is 11.7. The van der Waals surface area contributed by atoms with Gasteiger partial charge in [-0.3, -0.25) is 4.79 Å². The minimum Gasteiger partial charge on any atom is -0.388 e. The molecule has 0 saturated heterocycles. The summed E-state index contributed by atoms with van der Waals surface area (Å²) in [5, 5.41) is 12.5. The molecule has 0 aliphatic carbocycles. The first kappa shape index (κ1) is 16.3. The van der Waals surface area contributed by atoms with Crippen LogP contribution in [-0.4, -0.2) is 36.9 Å². The maximum Gasteiger partial charge on any atom is 0.244 e. The number of hydrogen-bond donors (Lipinski definition) is 2. The zero-order valence-electron chi connectivity index (χ0n) is 11.7. The van der Waals surface area contributed by atoms with E-state index < -0.39 is 5.60 Å². The van der Waals surface area contributed by atoms with Gasteiger partial charge >= 0.3 is 0 Å². The summed E-state index contributed by atoms with van der Waals surface area (Å²) in [5.41, 5.74) is -0.412. The molecule has 1 atom stereocenters. The molecular weight excluding hydrogens is 261 g/mol. The van der Waals surface area contributed by atoms with Gasteiger partial charge in [-0.05, 0) is 30.7 Å². The topological polar surface area (TPSA) is 58.6 Å². The highest BCUT2D eigenvalue weighted by Crippen LogP contribution is 2.08. The predicted molar refractivity (Wildman–Crippen MR) is 75.6 cm³/mol. The van der Waals surface area contributed by atoms with E-state index in [0.29, 0.717) is 18.6 Å². The van der Waals surface area contributed by atoms with Crippen LogP contribution in [0.4, 0.5) is 4.39 Å². The summed E-state index contributed by atoms with van der Waals surface area (Å²) in [7, 11) is 1.55. The van der Waals surface area contributed by atoms with Gasteiger partial charge in [0.1, 0.15) is 5.82 Å². The Kier molecular flexibility index (Phi) is 6.35. The van der Waals surface area contributed by atoms with Crippen molar-refractivity contribution in [3.63, 3.8) is 0 Å². The Morgan fingerprint density at radius 3 is 2.95 bits per heavy atom. The van der Waals surface area contributed by atoms with Crippen molar-refractivity contribution < 1.29 is 19.0 Å². The van der Waals surface area contributed by atoms with Gasteiger partial charge < -0.3 is 15.2 Å². The van der Waals surface area contributed by atoms with Crippen LogP contribution in [0.3, 0.4) is 0 Å². The monoisotopic (exact) mass is 281 g/mol. The Labute approximate surface area is 118 Å². The van der Waals surface area contributed by atoms with Gasteiger partial charge in [-0.1, -0.05) is 12.1 Å². The summed E-state index contributed by atoms with van der Waals surface area (Å²) in [6, 6.07) is 5.94. The van der Waals surface area contributed by atoms with Gasteiger partial charge in [-0.15, -0.1) is 0 Å². The molecule has 1 amide bonds. The summed E-state index contributed by atoms with van der Waals surface area (Å²) < 4.78 is 17.8. The first-order valence-electron chi connectivity index (χ1n) is 6.36. The van der Waals surface area contributed by atoms with E-state index in [1.165, 1.54) is 24.3 Å². The Morgan fingerprint density at radius 2 is 2.30 bits per heavy atom. The third-order valence-electron chi connectivity index (χ3n) is 2.76. The highest BCUT2D eigenvalue weighted by Gasteiger charge is 2.20. The minimum absolute atomic E-state index is 0.128. The smallest absolute Gasteiger partial charge is 0.244 e. The van der Waals surface area contributed by atoms with Crippen LogP contribution in [0.15, 0.2) is 30.3 Å². The molecule has 0 radical (unpaired) electrons. The van der Waals surface area contributed by atoms with Crippen LogP contribution in [-0.2, 0) is 9.53 Å². The number of amides is 1. The molecule has 0 aromatic heterocycles. The van der Waals surface area contributed by atoms with Crippen LogP contribution in [0.1, 0.15) is 18.9 Å². The average Bonchev–Trinajstić information content (AvgIpc) is 2.41. The van der Waals surface area contributed by atoms with Crippen molar-refractivity contribution in [2.75, 3.05) is 20.3 Å². The van der Waals surface area contributed by atoms with Crippen LogP contribution in [0, 0.1) is 5.82 Å². The number of aliphatic hydroxyl groups is 1. The minimum atomic E-state index is -1.02. The molecule has 0 aliphatic heterocycles. The third kappa shape index (κ3) is 6.45. The van der Waals surface area contributed by atoms with Crippen LogP contribution in [0.25, 0.3) is 6.08 Å². The van der Waals surface area contributed by atoms with Crippen molar-refractivity contribution in [3.8, 4) is 0 Å². The number of carbonyl (C=O) groups is 1. The lowest BCUT2D eigenvalue weighted by molar-refractivity contribution is -0.117. The second-order valence-corrected chi connectivity index (χ2v) is 4.85. The van der Waals surface area contributed by atoms with Crippen LogP contribution >= 0.6 is 0 Å². The number of nitrogens with one attached hydrogen (secondary N) is 1. The fourth-order valence-electron chi connectivity index (χ4n) is 1.53. The Morgan fingerprint density at radius 1 is 1.55 bits per heavy atom. The second-order valence-electron chi connectivity index (χ2n) is 4.85. The van der Waals surface area contributed by atoms with E-state index in [-0.39, 0.29) is 18.3 Å². The Hall–Kier alpha value is -1.72. The summed E-state index contributed by atoms with van der Waals surface area (Å²) in [6.45, 7) is 2.17. The van der Waals surface area contributed by atoms with Gasteiger partial charge in [0.2, 0.25) is 5.91 Å². The standard InChI is InChI=1S/C15H20FNO3/c1-15(19,8-9-20-2)11-17-14(18)7-6-12-4-3-5-13(16)10-12/h3-7,10,19H,8-9,11H2,1-2H3,(H,17,18)/b7-6+. The SMILES string of the molecule is COCCC(C)(O)CNC(=O)/C=C/c1cccc(F)c1. The van der Waals surface area contributed by atoms with E-state index in [4.69, 9.17) is 4.74 Å². The highest BCUT2D eigenvalue weighted by atomic mass is 19.1.